The van der Waals surface area contributed by atoms with Gasteiger partial charge in [-0.25, -0.2) is 4.98 Å². The van der Waals surface area contributed by atoms with E-state index in [4.69, 9.17) is 4.74 Å². The Balaban J connectivity index is 0.00000400. The average Bonchev–Trinajstić information content (AvgIpc) is 2.46. The summed E-state index contributed by atoms with van der Waals surface area (Å²) in [6, 6.07) is 4.01. The summed E-state index contributed by atoms with van der Waals surface area (Å²) in [5.74, 6) is 1.75. The highest BCUT2D eigenvalue weighted by atomic mass is 127. The molecule has 0 aliphatic carbocycles. The maximum Gasteiger partial charge on any atom is 0.191 e. The van der Waals surface area contributed by atoms with E-state index in [1.54, 1.807) is 20.4 Å². The van der Waals surface area contributed by atoms with E-state index in [1.807, 2.05) is 25.1 Å². The molecule has 0 amide bonds. The summed E-state index contributed by atoms with van der Waals surface area (Å²) in [6.07, 6.45) is 2.75. The third kappa shape index (κ3) is 7.47. The number of halogens is 1. The fraction of sp³-hybridized carbons (Fsp3) is 0.571. The summed E-state index contributed by atoms with van der Waals surface area (Å²) in [5, 5.41) is 6.54. The molecule has 120 valence electrons. The minimum absolute atomic E-state index is 0. The summed E-state index contributed by atoms with van der Waals surface area (Å²) in [4.78, 5) is 10.6. The van der Waals surface area contributed by atoms with Gasteiger partial charge in [-0.1, -0.05) is 6.07 Å². The Bertz CT molecular complexity index is 426. The van der Waals surface area contributed by atoms with E-state index < -0.39 is 0 Å². The van der Waals surface area contributed by atoms with Gasteiger partial charge in [0, 0.05) is 59.7 Å². The second-order valence-corrected chi connectivity index (χ2v) is 4.58. The van der Waals surface area contributed by atoms with Crippen molar-refractivity contribution in [3.8, 4) is 0 Å². The molecule has 1 aromatic heterocycles. The molecule has 0 saturated carbocycles. The molecule has 0 spiro atoms. The predicted molar refractivity (Wildman–Crippen MR) is 98.7 cm³/mol. The second-order valence-electron chi connectivity index (χ2n) is 4.58. The minimum Gasteiger partial charge on any atom is -0.385 e. The molecule has 1 heterocycles. The first kappa shape index (κ1) is 19.9. The van der Waals surface area contributed by atoms with Crippen LogP contribution in [0.25, 0.3) is 0 Å². The Morgan fingerprint density at radius 2 is 2.14 bits per heavy atom. The highest BCUT2D eigenvalue weighted by Crippen LogP contribution is 2.13. The summed E-state index contributed by atoms with van der Waals surface area (Å²) in [5.41, 5.74) is 1.14. The van der Waals surface area contributed by atoms with Gasteiger partial charge < -0.3 is 20.3 Å². The lowest BCUT2D eigenvalue weighted by Gasteiger charge is -2.17. The zero-order valence-electron chi connectivity index (χ0n) is 13.2. The van der Waals surface area contributed by atoms with Gasteiger partial charge in [0.2, 0.25) is 0 Å². The van der Waals surface area contributed by atoms with Crippen molar-refractivity contribution in [3.63, 3.8) is 0 Å². The van der Waals surface area contributed by atoms with Crippen molar-refractivity contribution in [2.24, 2.45) is 4.99 Å². The summed E-state index contributed by atoms with van der Waals surface area (Å²) in [7, 11) is 7.45. The second kappa shape index (κ2) is 11.6. The fourth-order valence-corrected chi connectivity index (χ4v) is 1.79. The van der Waals surface area contributed by atoms with Crippen LogP contribution < -0.4 is 15.5 Å². The molecule has 0 aromatic carbocycles. The van der Waals surface area contributed by atoms with Gasteiger partial charge >= 0.3 is 0 Å². The van der Waals surface area contributed by atoms with E-state index in [-0.39, 0.29) is 24.0 Å². The first-order chi connectivity index (χ1) is 9.69. The number of pyridine rings is 1. The first-order valence-corrected chi connectivity index (χ1v) is 6.73. The monoisotopic (exact) mass is 407 g/mol. The van der Waals surface area contributed by atoms with E-state index in [1.165, 1.54) is 0 Å². The molecule has 0 unspecified atom stereocenters. The Labute approximate surface area is 144 Å². The summed E-state index contributed by atoms with van der Waals surface area (Å²) >= 11 is 0. The average molecular weight is 407 g/mol. The van der Waals surface area contributed by atoms with Crippen LogP contribution in [0.15, 0.2) is 23.3 Å². The minimum atomic E-state index is 0. The SMILES string of the molecule is CN=C(NCCCOC)NCc1cccnc1N(C)C.I. The highest BCUT2D eigenvalue weighted by Gasteiger charge is 2.05. The van der Waals surface area contributed by atoms with Gasteiger partial charge in [0.1, 0.15) is 5.82 Å². The molecule has 0 bridgehead atoms. The number of nitrogens with zero attached hydrogens (tertiary/aromatic N) is 3. The highest BCUT2D eigenvalue weighted by molar-refractivity contribution is 14.0. The van der Waals surface area contributed by atoms with Crippen molar-refractivity contribution in [2.75, 3.05) is 46.3 Å². The van der Waals surface area contributed by atoms with Crippen molar-refractivity contribution in [1.29, 1.82) is 0 Å². The molecule has 1 rings (SSSR count). The van der Waals surface area contributed by atoms with Crippen molar-refractivity contribution in [1.82, 2.24) is 15.6 Å². The topological polar surface area (TPSA) is 61.8 Å². The number of ether oxygens (including phenoxy) is 1. The number of nitrogens with one attached hydrogen (secondary N) is 2. The van der Waals surface area contributed by atoms with Gasteiger partial charge in [-0.05, 0) is 12.5 Å². The molecule has 2 N–H and O–H groups in total. The number of hydrogen-bond acceptors (Lipinski definition) is 4. The quantitative estimate of drug-likeness (QED) is 0.310. The molecule has 0 radical (unpaired) electrons. The molecule has 6 nitrogen and oxygen atoms in total. The van der Waals surface area contributed by atoms with Crippen LogP contribution in [0.3, 0.4) is 0 Å². The number of aromatic nitrogens is 1. The molecular weight excluding hydrogens is 381 g/mol. The Hall–Kier alpha value is -1.09. The van der Waals surface area contributed by atoms with Crippen molar-refractivity contribution < 1.29 is 4.74 Å². The molecule has 1 aromatic rings. The van der Waals surface area contributed by atoms with Crippen LogP contribution in [-0.4, -0.2) is 52.3 Å². The fourth-order valence-electron chi connectivity index (χ4n) is 1.79. The van der Waals surface area contributed by atoms with E-state index in [2.05, 4.69) is 26.7 Å². The van der Waals surface area contributed by atoms with Crippen molar-refractivity contribution in [2.45, 2.75) is 13.0 Å². The number of hydrogen-bond donors (Lipinski definition) is 2. The molecule has 0 fully saturated rings. The molecule has 0 aliphatic heterocycles. The van der Waals surface area contributed by atoms with E-state index in [0.717, 1.165) is 36.9 Å². The maximum atomic E-state index is 5.01. The van der Waals surface area contributed by atoms with Crippen LogP contribution >= 0.6 is 24.0 Å². The van der Waals surface area contributed by atoms with Gasteiger partial charge in [0.15, 0.2) is 5.96 Å². The molecule has 7 heteroatoms. The first-order valence-electron chi connectivity index (χ1n) is 6.73. The smallest absolute Gasteiger partial charge is 0.191 e. The van der Waals surface area contributed by atoms with Crippen molar-refractivity contribution >= 4 is 35.8 Å². The lowest BCUT2D eigenvalue weighted by atomic mass is 10.2. The molecule has 0 atom stereocenters. The van der Waals surface area contributed by atoms with Gasteiger partial charge in [-0.15, -0.1) is 24.0 Å². The van der Waals surface area contributed by atoms with Crippen LogP contribution in [0.4, 0.5) is 5.82 Å². The Morgan fingerprint density at radius 3 is 2.76 bits per heavy atom. The number of aliphatic imine (C=N–C) groups is 1. The Kier molecular flexibility index (Phi) is 11.0. The van der Waals surface area contributed by atoms with Crippen LogP contribution in [-0.2, 0) is 11.3 Å². The van der Waals surface area contributed by atoms with Crippen LogP contribution in [0.2, 0.25) is 0 Å². The van der Waals surface area contributed by atoms with Crippen LogP contribution in [0.5, 0.6) is 0 Å². The third-order valence-electron chi connectivity index (χ3n) is 2.78. The van der Waals surface area contributed by atoms with E-state index in [0.29, 0.717) is 6.54 Å². The van der Waals surface area contributed by atoms with Crippen molar-refractivity contribution in [3.05, 3.63) is 23.9 Å². The van der Waals surface area contributed by atoms with Gasteiger partial charge in [-0.3, -0.25) is 4.99 Å². The zero-order valence-corrected chi connectivity index (χ0v) is 15.5. The molecular formula is C14H26IN5O. The number of rotatable bonds is 7. The lowest BCUT2D eigenvalue weighted by Crippen LogP contribution is -2.37. The van der Waals surface area contributed by atoms with E-state index >= 15 is 0 Å². The Morgan fingerprint density at radius 1 is 1.38 bits per heavy atom. The normalized spacial score (nSPS) is 10.8. The number of anilines is 1. The number of methoxy groups -OCH3 is 1. The molecule has 0 aliphatic rings. The van der Waals surface area contributed by atoms with E-state index in [9.17, 15) is 0 Å². The summed E-state index contributed by atoms with van der Waals surface area (Å²) in [6.45, 7) is 2.27. The van der Waals surface area contributed by atoms with Gasteiger partial charge in [0.25, 0.3) is 0 Å². The summed E-state index contributed by atoms with van der Waals surface area (Å²) < 4.78 is 5.01. The van der Waals surface area contributed by atoms with Crippen LogP contribution in [0.1, 0.15) is 12.0 Å². The predicted octanol–water partition coefficient (Wildman–Crippen LogP) is 1.47. The third-order valence-corrected chi connectivity index (χ3v) is 2.78. The molecule has 0 saturated heterocycles. The molecule has 21 heavy (non-hydrogen) atoms. The zero-order chi connectivity index (χ0) is 14.8. The van der Waals surface area contributed by atoms with Crippen LogP contribution in [0, 0.1) is 0 Å². The van der Waals surface area contributed by atoms with Gasteiger partial charge in [-0.2, -0.15) is 0 Å². The largest absolute Gasteiger partial charge is 0.385 e. The standard InChI is InChI=1S/C14H25N5O.HI/c1-15-14(17-9-6-10-20-4)18-11-12-7-5-8-16-13(12)19(2)3;/h5,7-8H,6,9-11H2,1-4H3,(H2,15,17,18);1H. The number of guanidine groups is 1. The van der Waals surface area contributed by atoms with Gasteiger partial charge in [0.05, 0.1) is 0 Å². The lowest BCUT2D eigenvalue weighted by molar-refractivity contribution is 0.195. The maximum absolute atomic E-state index is 5.01.